The molecule has 1 N–H and O–H groups in total. The molecule has 0 radical (unpaired) electrons. The quantitative estimate of drug-likeness (QED) is 0.488. The van der Waals surface area contributed by atoms with Gasteiger partial charge in [0.05, 0.1) is 7.11 Å². The summed E-state index contributed by atoms with van der Waals surface area (Å²) in [6.07, 6.45) is -4.49. The summed E-state index contributed by atoms with van der Waals surface area (Å²) in [4.78, 5) is 0. The number of hydrazone groups is 1. The highest BCUT2D eigenvalue weighted by Crippen LogP contribution is 2.39. The van der Waals surface area contributed by atoms with E-state index >= 15 is 0 Å². The lowest BCUT2D eigenvalue weighted by molar-refractivity contribution is -0.260. The van der Waals surface area contributed by atoms with Gasteiger partial charge in [-0.05, 0) is 15.9 Å². The number of halogens is 7. The first-order chi connectivity index (χ1) is 9.68. The Morgan fingerprint density at radius 2 is 1.81 bits per heavy atom. The second kappa shape index (κ2) is 5.26. The van der Waals surface area contributed by atoms with E-state index in [-0.39, 0.29) is 5.01 Å². The molecule has 21 heavy (non-hydrogen) atoms. The fourth-order valence-electron chi connectivity index (χ4n) is 1.48. The van der Waals surface area contributed by atoms with Crippen LogP contribution in [0.4, 0.5) is 32.0 Å². The predicted molar refractivity (Wildman–Crippen MR) is 62.6 cm³/mol. The third kappa shape index (κ3) is 2.60. The topological polar surface area (TPSA) is 40.1 Å². The first kappa shape index (κ1) is 15.7. The molecule has 0 bridgehead atoms. The van der Waals surface area contributed by atoms with E-state index in [0.717, 1.165) is 7.11 Å². The second-order valence-corrected chi connectivity index (χ2v) is 4.41. The van der Waals surface area contributed by atoms with Gasteiger partial charge in [0.25, 0.3) is 0 Å². The molecule has 1 aromatic rings. The van der Waals surface area contributed by atoms with Gasteiger partial charge < -0.3 is 4.74 Å². The molecule has 0 unspecified atom stereocenters. The van der Waals surface area contributed by atoms with E-state index in [4.69, 9.17) is 0 Å². The molecule has 2 rings (SSSR count). The molecule has 12 heteroatoms. The Kier molecular flexibility index (Phi) is 3.93. The number of hydrazine groups is 2. The van der Waals surface area contributed by atoms with E-state index in [2.05, 4.69) is 25.8 Å². The molecule has 0 fully saturated rings. The molecule has 0 aliphatic carbocycles. The SMILES string of the molecule is COc1c(F)c(F)c(N2C=NN(C(F)(F)F)N2)c(F)c1Br. The Morgan fingerprint density at radius 3 is 2.29 bits per heavy atom. The van der Waals surface area contributed by atoms with Gasteiger partial charge in [0.1, 0.15) is 16.5 Å². The fourth-order valence-corrected chi connectivity index (χ4v) is 2.00. The number of hydrogen-bond acceptors (Lipinski definition) is 5. The van der Waals surface area contributed by atoms with Gasteiger partial charge in [-0.1, -0.05) is 0 Å². The molecule has 116 valence electrons. The lowest BCUT2D eigenvalue weighted by Gasteiger charge is -2.22. The molecule has 1 aliphatic rings. The maximum Gasteiger partial charge on any atom is 0.516 e. The third-order valence-corrected chi connectivity index (χ3v) is 3.08. The smallest absolute Gasteiger partial charge is 0.492 e. The van der Waals surface area contributed by atoms with Gasteiger partial charge in [0.15, 0.2) is 17.4 Å². The number of benzene rings is 1. The lowest BCUT2D eigenvalue weighted by Crippen LogP contribution is -2.48. The zero-order valence-corrected chi connectivity index (χ0v) is 11.6. The molecule has 0 aromatic heterocycles. The van der Waals surface area contributed by atoms with E-state index in [1.807, 2.05) is 0 Å². The van der Waals surface area contributed by atoms with Crippen molar-refractivity contribution in [2.75, 3.05) is 12.1 Å². The molecule has 0 spiro atoms. The highest BCUT2D eigenvalue weighted by atomic mass is 79.9. The molecule has 0 atom stereocenters. The first-order valence-corrected chi connectivity index (χ1v) is 5.84. The van der Waals surface area contributed by atoms with E-state index in [1.54, 1.807) is 0 Å². The summed E-state index contributed by atoms with van der Waals surface area (Å²) in [5.41, 5.74) is 0.417. The number of ether oxygens (including phenoxy) is 1. The molecular weight excluding hydrogens is 374 g/mol. The number of rotatable bonds is 2. The largest absolute Gasteiger partial charge is 0.516 e. The van der Waals surface area contributed by atoms with Crippen LogP contribution in [0.5, 0.6) is 5.75 Å². The van der Waals surface area contributed by atoms with Crippen molar-refractivity contribution in [1.82, 2.24) is 10.7 Å². The van der Waals surface area contributed by atoms with Crippen LogP contribution in [0.15, 0.2) is 9.57 Å². The van der Waals surface area contributed by atoms with Crippen LogP contribution in [-0.2, 0) is 0 Å². The van der Waals surface area contributed by atoms with Gasteiger partial charge in [-0.2, -0.15) is 4.39 Å². The third-order valence-electron chi connectivity index (χ3n) is 2.37. The van der Waals surface area contributed by atoms with Crippen molar-refractivity contribution < 1.29 is 31.1 Å². The zero-order chi connectivity index (χ0) is 15.9. The van der Waals surface area contributed by atoms with Crippen molar-refractivity contribution in [2.24, 2.45) is 5.10 Å². The Labute approximate surface area is 121 Å². The average Bonchev–Trinajstić information content (AvgIpc) is 2.87. The van der Waals surface area contributed by atoms with Crippen LogP contribution in [0, 0.1) is 17.5 Å². The van der Waals surface area contributed by atoms with Crippen molar-refractivity contribution in [3.8, 4) is 5.75 Å². The number of nitrogens with one attached hydrogen (secondary N) is 1. The van der Waals surface area contributed by atoms with E-state index in [0.29, 0.717) is 6.34 Å². The summed E-state index contributed by atoms with van der Waals surface area (Å²) < 4.78 is 82.4. The maximum atomic E-state index is 14.0. The van der Waals surface area contributed by atoms with E-state index in [9.17, 15) is 26.3 Å². The summed E-state index contributed by atoms with van der Waals surface area (Å²) in [5, 5.41) is 2.48. The van der Waals surface area contributed by atoms with Crippen LogP contribution in [0.3, 0.4) is 0 Å². The summed E-state index contributed by atoms with van der Waals surface area (Å²) in [7, 11) is 0.975. The lowest BCUT2D eigenvalue weighted by atomic mass is 10.2. The van der Waals surface area contributed by atoms with Crippen molar-refractivity contribution in [3.63, 3.8) is 0 Å². The number of nitrogens with zero attached hydrogens (tertiary/aromatic N) is 3. The highest BCUT2D eigenvalue weighted by molar-refractivity contribution is 9.10. The average molecular weight is 379 g/mol. The molecule has 1 aromatic carbocycles. The van der Waals surface area contributed by atoms with Crippen molar-refractivity contribution in [2.45, 2.75) is 6.30 Å². The summed E-state index contributed by atoms with van der Waals surface area (Å²) in [5.74, 6) is -5.43. The summed E-state index contributed by atoms with van der Waals surface area (Å²) in [6.45, 7) is 0. The summed E-state index contributed by atoms with van der Waals surface area (Å²) >= 11 is 2.64. The second-order valence-electron chi connectivity index (χ2n) is 3.62. The zero-order valence-electron chi connectivity index (χ0n) is 9.97. The predicted octanol–water partition coefficient (Wildman–Crippen LogP) is 2.88. The van der Waals surface area contributed by atoms with Crippen LogP contribution in [0.1, 0.15) is 0 Å². The number of methoxy groups -OCH3 is 1. The molecular formula is C9H5BrF6N4O. The van der Waals surface area contributed by atoms with Gasteiger partial charge in [-0.15, -0.1) is 28.9 Å². The molecule has 0 amide bonds. The Bertz CT molecular complexity index is 578. The normalized spacial score (nSPS) is 15.0. The van der Waals surface area contributed by atoms with Crippen molar-refractivity contribution >= 4 is 28.0 Å². The van der Waals surface area contributed by atoms with Crippen LogP contribution in [0.25, 0.3) is 0 Å². The van der Waals surface area contributed by atoms with Gasteiger partial charge in [0, 0.05) is 0 Å². The Balaban J connectivity index is 2.46. The molecule has 1 aliphatic heterocycles. The number of hydrogen-bond donors (Lipinski definition) is 1. The highest BCUT2D eigenvalue weighted by Gasteiger charge is 2.42. The Hall–Kier alpha value is -1.69. The van der Waals surface area contributed by atoms with Crippen LogP contribution >= 0.6 is 15.9 Å². The van der Waals surface area contributed by atoms with Crippen LogP contribution in [0.2, 0.25) is 0 Å². The van der Waals surface area contributed by atoms with Gasteiger partial charge in [0.2, 0.25) is 5.82 Å². The molecule has 1 heterocycles. The first-order valence-electron chi connectivity index (χ1n) is 5.05. The fraction of sp³-hybridized carbons (Fsp3) is 0.222. The Morgan fingerprint density at radius 1 is 1.19 bits per heavy atom. The summed E-state index contributed by atoms with van der Waals surface area (Å²) in [6, 6.07) is 0. The van der Waals surface area contributed by atoms with Crippen LogP contribution < -0.4 is 15.3 Å². The standard InChI is InChI=1S/C9H5BrF6N4O/c1-21-8-3(10)4(11)7(5(12)6(8)13)19-2-17-20(18-19)9(14,15)16/h2,18H,1H3. The van der Waals surface area contributed by atoms with Crippen LogP contribution in [-0.4, -0.2) is 24.9 Å². The molecule has 0 saturated heterocycles. The van der Waals surface area contributed by atoms with Gasteiger partial charge >= 0.3 is 6.30 Å². The minimum absolute atomic E-state index is 0.242. The van der Waals surface area contributed by atoms with E-state index < -0.39 is 44.8 Å². The maximum absolute atomic E-state index is 14.0. The van der Waals surface area contributed by atoms with Gasteiger partial charge in [-0.3, -0.25) is 0 Å². The van der Waals surface area contributed by atoms with Gasteiger partial charge in [-0.25, -0.2) is 13.8 Å². The van der Waals surface area contributed by atoms with E-state index in [1.165, 1.54) is 5.53 Å². The van der Waals surface area contributed by atoms with Crippen molar-refractivity contribution in [3.05, 3.63) is 21.9 Å². The van der Waals surface area contributed by atoms with Crippen molar-refractivity contribution in [1.29, 1.82) is 0 Å². The number of alkyl halides is 3. The number of anilines is 1. The minimum atomic E-state index is -4.93. The monoisotopic (exact) mass is 378 g/mol. The molecule has 5 nitrogen and oxygen atoms in total. The molecule has 0 saturated carbocycles. The minimum Gasteiger partial charge on any atom is -0.492 e.